The van der Waals surface area contributed by atoms with Gasteiger partial charge < -0.3 is 31.7 Å². The summed E-state index contributed by atoms with van der Waals surface area (Å²) in [6.07, 6.45) is 24.7. The fourth-order valence-electron chi connectivity index (χ4n) is 2.53. The standard InChI is InChI=1S/C13H19O5.2C5H8O2.2C5H5.2Zr/c1-6-13(16,17-11(4)7-9(2)14)18-12(5)8-10(3)15;2*1-4(6)3-5(2)7;2*1-2-4-5-3-1;;/h7-8,16H,1,6H2,2-5H3;2*3,6H,1-2H3;2*1-3H,4H2;;/q-1;;;2*-1;;+3/b11-7-,12-8+;2*4-3+;;;;. The largest absolute Gasteiger partial charge is 3.00 e. The molecule has 2 rings (SSSR count). The molecular weight excluding hydrogens is 723 g/mol. The first-order valence-corrected chi connectivity index (χ1v) is 12.9. The number of aliphatic hydroxyl groups is 3. The van der Waals surface area contributed by atoms with Gasteiger partial charge in [0, 0.05) is 50.5 Å². The van der Waals surface area contributed by atoms with E-state index in [1.54, 1.807) is 0 Å². The van der Waals surface area contributed by atoms with Gasteiger partial charge in [0.15, 0.2) is 23.1 Å². The first-order valence-electron chi connectivity index (χ1n) is 12.9. The predicted octanol–water partition coefficient (Wildman–Crippen LogP) is 6.56. The Morgan fingerprint density at radius 1 is 0.705 bits per heavy atom. The Morgan fingerprint density at radius 2 is 1.00 bits per heavy atom. The molecule has 0 aromatic rings. The van der Waals surface area contributed by atoms with Gasteiger partial charge in [-0.1, -0.05) is 6.42 Å². The van der Waals surface area contributed by atoms with Crippen LogP contribution in [0.3, 0.4) is 0 Å². The molecule has 0 fully saturated rings. The normalized spacial score (nSPS) is 14.1. The number of hydrogen-bond acceptors (Lipinski definition) is 9. The number of aliphatic hydroxyl groups excluding tert-OH is 2. The topological polar surface area (TPSA) is 147 Å². The van der Waals surface area contributed by atoms with Gasteiger partial charge in [-0.2, -0.15) is 12.2 Å². The molecule has 1 radical (unpaired) electrons. The Bertz CT molecular complexity index is 996. The first kappa shape index (κ1) is 51.1. The molecule has 2 aliphatic rings. The second kappa shape index (κ2) is 31.9. The van der Waals surface area contributed by atoms with E-state index in [2.05, 4.69) is 31.2 Å². The molecule has 239 valence electrons. The average molecular weight is 768 g/mol. The molecule has 0 aromatic heterocycles. The molecule has 0 aliphatic heterocycles. The van der Waals surface area contributed by atoms with Crippen molar-refractivity contribution in [3.05, 3.63) is 103 Å². The summed E-state index contributed by atoms with van der Waals surface area (Å²) in [6, 6.07) is 0. The van der Waals surface area contributed by atoms with Crippen molar-refractivity contribution in [1.82, 2.24) is 0 Å². The number of allylic oxidation sites excluding steroid dienone is 16. The molecule has 2 aliphatic carbocycles. The van der Waals surface area contributed by atoms with Crippen LogP contribution in [0.1, 0.15) is 74.7 Å². The number of carbonyl (C=O) groups is 4. The molecule has 9 nitrogen and oxygen atoms in total. The molecule has 11 heteroatoms. The third kappa shape index (κ3) is 44.0. The average Bonchev–Trinajstić information content (AvgIpc) is 3.56. The van der Waals surface area contributed by atoms with Gasteiger partial charge in [0.05, 0.1) is 11.5 Å². The smallest absolute Gasteiger partial charge is 0.512 e. The summed E-state index contributed by atoms with van der Waals surface area (Å²) in [6.45, 7) is 14.9. The van der Waals surface area contributed by atoms with Gasteiger partial charge in [-0.3, -0.25) is 31.3 Å². The molecule has 44 heavy (non-hydrogen) atoms. The molecular formula is C33H45O9Zr2. The van der Waals surface area contributed by atoms with Crippen LogP contribution in [0.5, 0.6) is 0 Å². The number of rotatable bonds is 9. The van der Waals surface area contributed by atoms with Gasteiger partial charge in [0.25, 0.3) is 0 Å². The summed E-state index contributed by atoms with van der Waals surface area (Å²) >= 11 is 0. The van der Waals surface area contributed by atoms with Crippen molar-refractivity contribution in [2.24, 2.45) is 0 Å². The zero-order valence-corrected chi connectivity index (χ0v) is 31.8. The van der Waals surface area contributed by atoms with Crippen molar-refractivity contribution in [1.29, 1.82) is 0 Å². The van der Waals surface area contributed by atoms with Crippen LogP contribution in [0.15, 0.2) is 83.8 Å². The maximum Gasteiger partial charge on any atom is 3.00 e. The minimum absolute atomic E-state index is 0. The maximum atomic E-state index is 10.8. The van der Waals surface area contributed by atoms with E-state index >= 15 is 0 Å². The molecule has 0 bridgehead atoms. The molecule has 0 saturated carbocycles. The van der Waals surface area contributed by atoms with Crippen LogP contribution in [0, 0.1) is 19.1 Å². The summed E-state index contributed by atoms with van der Waals surface area (Å²) in [5.74, 6) is -2.15. The van der Waals surface area contributed by atoms with Gasteiger partial charge in [-0.15, -0.1) is 12.8 Å². The van der Waals surface area contributed by atoms with Crippen molar-refractivity contribution in [3.63, 3.8) is 0 Å². The summed E-state index contributed by atoms with van der Waals surface area (Å²) < 4.78 is 10.2. The number of hydrogen-bond donors (Lipinski definition) is 3. The number of ketones is 4. The third-order valence-corrected chi connectivity index (χ3v) is 3.77. The molecule has 1 unspecified atom stereocenters. The Balaban J connectivity index is -0.000000160. The van der Waals surface area contributed by atoms with E-state index in [1.165, 1.54) is 79.7 Å². The van der Waals surface area contributed by atoms with Crippen LogP contribution in [-0.2, 0) is 81.1 Å². The van der Waals surface area contributed by atoms with Crippen molar-refractivity contribution in [2.75, 3.05) is 0 Å². The van der Waals surface area contributed by atoms with E-state index in [-0.39, 0.29) is 105 Å². The molecule has 1 atom stereocenters. The molecule has 0 spiro atoms. The molecule has 3 N–H and O–H groups in total. The molecule has 0 amide bonds. The maximum absolute atomic E-state index is 10.8. The SMILES string of the molecule is CC(=O)/C=C(\C)O.CC(=O)/C=C(\C)O.[C-]1=CC=CC1.[C-]1=CC=CC1.[CH2-]CC(O)(O/C(C)=C\C(C)=O)O/C(C)=C/C(C)=O.[Zr+3].[Zr]. The second-order valence-electron chi connectivity index (χ2n) is 8.70. The third-order valence-electron chi connectivity index (χ3n) is 3.77. The Kier molecular flexibility index (Phi) is 37.1. The minimum Gasteiger partial charge on any atom is -0.512 e. The van der Waals surface area contributed by atoms with Crippen LogP contribution in [0.4, 0.5) is 0 Å². The fourth-order valence-corrected chi connectivity index (χ4v) is 2.53. The first-order chi connectivity index (χ1) is 19.4. The molecule has 0 aromatic carbocycles. The van der Waals surface area contributed by atoms with Crippen LogP contribution in [0.25, 0.3) is 0 Å². The van der Waals surface area contributed by atoms with E-state index in [4.69, 9.17) is 19.7 Å². The number of ether oxygens (including phenoxy) is 2. The van der Waals surface area contributed by atoms with Gasteiger partial charge in [-0.25, -0.2) is 24.3 Å². The van der Waals surface area contributed by atoms with Gasteiger partial charge in [-0.05, 0) is 55.4 Å². The van der Waals surface area contributed by atoms with Crippen molar-refractivity contribution in [2.45, 2.75) is 80.6 Å². The second-order valence-corrected chi connectivity index (χ2v) is 8.70. The van der Waals surface area contributed by atoms with Gasteiger partial charge in [0.1, 0.15) is 11.5 Å². The van der Waals surface area contributed by atoms with Crippen LogP contribution in [-0.4, -0.2) is 44.4 Å². The minimum atomic E-state index is -1.99. The van der Waals surface area contributed by atoms with E-state index < -0.39 is 5.97 Å². The van der Waals surface area contributed by atoms with Crippen molar-refractivity contribution in [3.8, 4) is 0 Å². The summed E-state index contributed by atoms with van der Waals surface area (Å²) in [5, 5.41) is 26.7. The summed E-state index contributed by atoms with van der Waals surface area (Å²) in [5.41, 5.74) is 0. The summed E-state index contributed by atoms with van der Waals surface area (Å²) in [4.78, 5) is 41.7. The van der Waals surface area contributed by atoms with Crippen LogP contribution >= 0.6 is 0 Å². The van der Waals surface area contributed by atoms with Crippen LogP contribution in [0.2, 0.25) is 0 Å². The zero-order valence-electron chi connectivity index (χ0n) is 26.9. The molecule has 0 saturated heterocycles. The number of carbonyl (C=O) groups excluding carboxylic acids is 4. The van der Waals surface area contributed by atoms with E-state index in [9.17, 15) is 24.3 Å². The summed E-state index contributed by atoms with van der Waals surface area (Å²) in [7, 11) is 0. The Hall–Kier alpha value is -2.47. The van der Waals surface area contributed by atoms with E-state index in [0.29, 0.717) is 0 Å². The monoisotopic (exact) mass is 765 g/mol. The Labute approximate surface area is 301 Å². The molecule has 0 heterocycles. The quantitative estimate of drug-likeness (QED) is 0.103. The zero-order chi connectivity index (χ0) is 33.1. The fraction of sp³-hybridized carbons (Fsp3) is 0.364. The van der Waals surface area contributed by atoms with Crippen LogP contribution < -0.4 is 0 Å². The van der Waals surface area contributed by atoms with E-state index in [0.717, 1.165) is 12.8 Å². The van der Waals surface area contributed by atoms with Crippen molar-refractivity contribution >= 4 is 23.1 Å². The predicted molar refractivity (Wildman–Crippen MR) is 163 cm³/mol. The van der Waals surface area contributed by atoms with Crippen molar-refractivity contribution < 1.29 is 96.4 Å². The Morgan fingerprint density at radius 3 is 1.11 bits per heavy atom. The van der Waals surface area contributed by atoms with Gasteiger partial charge >= 0.3 is 32.2 Å². The van der Waals surface area contributed by atoms with E-state index in [1.807, 2.05) is 24.3 Å². The van der Waals surface area contributed by atoms with Gasteiger partial charge in [0.2, 0.25) is 0 Å².